The molecule has 6 heteroatoms. The van der Waals surface area contributed by atoms with Gasteiger partial charge in [-0.3, -0.25) is 4.79 Å². The summed E-state index contributed by atoms with van der Waals surface area (Å²) in [5.74, 6) is 0.0450. The van der Waals surface area contributed by atoms with Gasteiger partial charge in [0, 0.05) is 32.4 Å². The van der Waals surface area contributed by atoms with Crippen LogP contribution < -0.4 is 10.1 Å². The average Bonchev–Trinajstić information content (AvgIpc) is 2.65. The zero-order chi connectivity index (χ0) is 19.6. The first-order valence-corrected chi connectivity index (χ1v) is 9.26. The molecular weight excluding hydrogens is 433 g/mol. The lowest BCUT2D eigenvalue weighted by Crippen LogP contribution is -2.00. The summed E-state index contributed by atoms with van der Waals surface area (Å²) in [5, 5.41) is 3.70. The van der Waals surface area contributed by atoms with Crippen LogP contribution in [0.5, 0.6) is 5.75 Å². The van der Waals surface area contributed by atoms with Crippen molar-refractivity contribution >= 4 is 45.2 Å². The van der Waals surface area contributed by atoms with E-state index in [0.717, 1.165) is 16.3 Å². The van der Waals surface area contributed by atoms with Crippen molar-refractivity contribution in [2.24, 2.45) is 0 Å². The van der Waals surface area contributed by atoms with Gasteiger partial charge < -0.3 is 10.1 Å². The van der Waals surface area contributed by atoms with Crippen molar-refractivity contribution in [2.45, 2.75) is 6.92 Å². The van der Waals surface area contributed by atoms with E-state index in [2.05, 4.69) is 21.2 Å². The first-order chi connectivity index (χ1) is 12.9. The molecule has 0 amide bonds. The van der Waals surface area contributed by atoms with Gasteiger partial charge in [0.2, 0.25) is 0 Å². The number of aryl methyl sites for hydroxylation is 1. The van der Waals surface area contributed by atoms with Crippen molar-refractivity contribution in [3.63, 3.8) is 0 Å². The number of aldehydes is 1. The van der Waals surface area contributed by atoms with Crippen molar-refractivity contribution in [3.05, 3.63) is 75.0 Å². The van der Waals surface area contributed by atoms with Crippen LogP contribution in [0.2, 0.25) is 5.02 Å². The molecule has 3 aromatic carbocycles. The van der Waals surface area contributed by atoms with Crippen molar-refractivity contribution < 1.29 is 13.9 Å². The van der Waals surface area contributed by atoms with Gasteiger partial charge in [-0.05, 0) is 54.4 Å². The van der Waals surface area contributed by atoms with Crippen LogP contribution >= 0.6 is 27.5 Å². The Labute approximate surface area is 170 Å². The highest BCUT2D eigenvalue weighted by atomic mass is 79.9. The molecule has 27 heavy (non-hydrogen) atoms. The molecule has 0 aromatic heterocycles. The highest BCUT2D eigenvalue weighted by molar-refractivity contribution is 9.10. The minimum Gasteiger partial charge on any atom is -0.495 e. The van der Waals surface area contributed by atoms with Gasteiger partial charge in [-0.1, -0.05) is 33.6 Å². The molecule has 0 aliphatic carbocycles. The lowest BCUT2D eigenvalue weighted by Gasteiger charge is -2.15. The Hall–Kier alpha value is -2.37. The second-order valence-corrected chi connectivity index (χ2v) is 7.29. The van der Waals surface area contributed by atoms with E-state index >= 15 is 0 Å². The average molecular weight is 449 g/mol. The maximum absolute atomic E-state index is 14.8. The number of carbonyl (C=O) groups is 1. The van der Waals surface area contributed by atoms with Crippen molar-refractivity contribution in [1.29, 1.82) is 0 Å². The lowest BCUT2D eigenvalue weighted by atomic mass is 10.0. The number of methoxy groups -OCH3 is 1. The standard InChI is InChI=1S/C21H16BrClFNO2/c1-12-7-13(3-5-17(12)23)16-9-21(27-2)20(10-18(16)24)25-19-6-4-15(22)8-14(19)11-26/h3-11,25H,1-2H3. The molecular formula is C21H16BrClFNO2. The number of hydrogen-bond acceptors (Lipinski definition) is 3. The fraction of sp³-hybridized carbons (Fsp3) is 0.0952. The molecule has 0 saturated heterocycles. The molecule has 3 nitrogen and oxygen atoms in total. The Balaban J connectivity index is 2.04. The predicted octanol–water partition coefficient (Wildman–Crippen LogP) is 6.78. The van der Waals surface area contributed by atoms with Gasteiger partial charge in [-0.25, -0.2) is 4.39 Å². The summed E-state index contributed by atoms with van der Waals surface area (Å²) in [6, 6.07) is 13.5. The van der Waals surface area contributed by atoms with Crippen LogP contribution in [0.1, 0.15) is 15.9 Å². The van der Waals surface area contributed by atoms with E-state index in [1.807, 2.05) is 13.0 Å². The summed E-state index contributed by atoms with van der Waals surface area (Å²) >= 11 is 9.39. The van der Waals surface area contributed by atoms with Crippen molar-refractivity contribution in [2.75, 3.05) is 12.4 Å². The third kappa shape index (κ3) is 4.15. The Kier molecular flexibility index (Phi) is 5.82. The van der Waals surface area contributed by atoms with Gasteiger partial charge in [-0.2, -0.15) is 0 Å². The number of benzene rings is 3. The molecule has 138 valence electrons. The summed E-state index contributed by atoms with van der Waals surface area (Å²) in [5.41, 5.74) is 3.40. The van der Waals surface area contributed by atoms with E-state index in [1.54, 1.807) is 36.4 Å². The number of halogens is 3. The predicted molar refractivity (Wildman–Crippen MR) is 111 cm³/mol. The van der Waals surface area contributed by atoms with Crippen LogP contribution in [-0.4, -0.2) is 13.4 Å². The van der Waals surface area contributed by atoms with Gasteiger partial charge in [0.25, 0.3) is 0 Å². The number of hydrogen-bond donors (Lipinski definition) is 1. The number of nitrogens with one attached hydrogen (secondary N) is 1. The Morgan fingerprint density at radius 3 is 2.56 bits per heavy atom. The number of carbonyl (C=O) groups excluding carboxylic acids is 1. The summed E-state index contributed by atoms with van der Waals surface area (Å²) < 4.78 is 21.0. The molecule has 0 heterocycles. The number of rotatable bonds is 5. The van der Waals surface area contributed by atoms with Gasteiger partial charge >= 0.3 is 0 Å². The van der Waals surface area contributed by atoms with Crippen LogP contribution in [0.3, 0.4) is 0 Å². The van der Waals surface area contributed by atoms with Crippen LogP contribution in [-0.2, 0) is 0 Å². The second kappa shape index (κ2) is 8.11. The van der Waals surface area contributed by atoms with E-state index in [4.69, 9.17) is 16.3 Å². The first kappa shape index (κ1) is 19.4. The largest absolute Gasteiger partial charge is 0.495 e. The van der Waals surface area contributed by atoms with E-state index in [1.165, 1.54) is 13.2 Å². The molecule has 0 spiro atoms. The Morgan fingerprint density at radius 1 is 1.11 bits per heavy atom. The zero-order valence-corrected chi connectivity index (χ0v) is 17.0. The van der Waals surface area contributed by atoms with E-state index in [-0.39, 0.29) is 0 Å². The normalized spacial score (nSPS) is 10.6. The Bertz CT molecular complexity index is 1020. The molecule has 1 N–H and O–H groups in total. The molecule has 0 aliphatic rings. The van der Waals surface area contributed by atoms with Crippen molar-refractivity contribution in [1.82, 2.24) is 0 Å². The number of anilines is 2. The molecule has 0 radical (unpaired) electrons. The molecule has 0 saturated carbocycles. The Morgan fingerprint density at radius 2 is 1.89 bits per heavy atom. The molecule has 0 fully saturated rings. The zero-order valence-electron chi connectivity index (χ0n) is 14.6. The van der Waals surface area contributed by atoms with E-state index < -0.39 is 5.82 Å². The monoisotopic (exact) mass is 447 g/mol. The summed E-state index contributed by atoms with van der Waals surface area (Å²) in [6.45, 7) is 1.87. The molecule has 0 bridgehead atoms. The first-order valence-electron chi connectivity index (χ1n) is 8.08. The topological polar surface area (TPSA) is 38.3 Å². The number of ether oxygens (including phenoxy) is 1. The van der Waals surface area contributed by atoms with Crippen molar-refractivity contribution in [3.8, 4) is 16.9 Å². The fourth-order valence-corrected chi connectivity index (χ4v) is 3.24. The van der Waals surface area contributed by atoms with Gasteiger partial charge in [0.1, 0.15) is 11.6 Å². The van der Waals surface area contributed by atoms with Crippen LogP contribution in [0.15, 0.2) is 53.0 Å². The van der Waals surface area contributed by atoms with E-state index in [9.17, 15) is 9.18 Å². The lowest BCUT2D eigenvalue weighted by molar-refractivity contribution is 0.112. The summed E-state index contributed by atoms with van der Waals surface area (Å²) in [6.07, 6.45) is 0.737. The maximum Gasteiger partial charge on any atom is 0.152 e. The maximum atomic E-state index is 14.8. The molecule has 0 atom stereocenters. The molecule has 0 unspecified atom stereocenters. The minimum absolute atomic E-state index is 0.406. The van der Waals surface area contributed by atoms with Crippen LogP contribution in [0.25, 0.3) is 11.1 Å². The third-order valence-electron chi connectivity index (χ3n) is 4.17. The van der Waals surface area contributed by atoms with E-state index in [0.29, 0.717) is 38.8 Å². The molecule has 0 aliphatic heterocycles. The van der Waals surface area contributed by atoms with Gasteiger partial charge in [0.15, 0.2) is 6.29 Å². The quantitative estimate of drug-likeness (QED) is 0.437. The molecule has 3 aromatic rings. The second-order valence-electron chi connectivity index (χ2n) is 5.97. The van der Waals surface area contributed by atoms with Gasteiger partial charge in [0.05, 0.1) is 12.8 Å². The summed E-state index contributed by atoms with van der Waals surface area (Å²) in [4.78, 5) is 11.3. The minimum atomic E-state index is -0.412. The van der Waals surface area contributed by atoms with Gasteiger partial charge in [-0.15, -0.1) is 0 Å². The fourth-order valence-electron chi connectivity index (χ4n) is 2.74. The summed E-state index contributed by atoms with van der Waals surface area (Å²) in [7, 11) is 1.51. The SMILES string of the molecule is COc1cc(-c2ccc(Cl)c(C)c2)c(F)cc1Nc1ccc(Br)cc1C=O. The molecule has 3 rings (SSSR count). The van der Waals surface area contributed by atoms with Crippen LogP contribution in [0.4, 0.5) is 15.8 Å². The highest BCUT2D eigenvalue weighted by Gasteiger charge is 2.14. The smallest absolute Gasteiger partial charge is 0.152 e. The highest BCUT2D eigenvalue weighted by Crippen LogP contribution is 2.36. The van der Waals surface area contributed by atoms with Crippen LogP contribution in [0, 0.1) is 12.7 Å². The third-order valence-corrected chi connectivity index (χ3v) is 5.09.